The molecule has 1 aromatic heterocycles. The van der Waals surface area contributed by atoms with Gasteiger partial charge in [-0.25, -0.2) is 4.79 Å². The van der Waals surface area contributed by atoms with Gasteiger partial charge in [0.05, 0.1) is 17.7 Å². The van der Waals surface area contributed by atoms with E-state index in [1.54, 1.807) is 24.3 Å². The van der Waals surface area contributed by atoms with Gasteiger partial charge in [-0.15, -0.1) is 0 Å². The molecule has 8 heteroatoms. The van der Waals surface area contributed by atoms with E-state index < -0.39 is 10.6 Å². The summed E-state index contributed by atoms with van der Waals surface area (Å²) in [5, 5.41) is 10.6. The highest BCUT2D eigenvalue weighted by Crippen LogP contribution is 2.13. The average molecular weight is 338 g/mol. The quantitative estimate of drug-likeness (QED) is 0.481. The fourth-order valence-corrected chi connectivity index (χ4v) is 1.96. The van der Waals surface area contributed by atoms with Crippen LogP contribution >= 0.6 is 15.9 Å². The lowest BCUT2D eigenvalue weighted by atomic mass is 10.1. The van der Waals surface area contributed by atoms with E-state index in [2.05, 4.69) is 20.9 Å². The second-order valence-corrected chi connectivity index (χ2v) is 4.83. The molecule has 1 heterocycles. The van der Waals surface area contributed by atoms with Crippen LogP contribution in [0, 0.1) is 10.1 Å². The van der Waals surface area contributed by atoms with E-state index in [-0.39, 0.29) is 18.0 Å². The number of Topliss-reactive ketones (excluding diaryl/α,β-unsaturated/α-hetero) is 1. The van der Waals surface area contributed by atoms with Crippen molar-refractivity contribution in [1.82, 2.24) is 9.55 Å². The zero-order valence-corrected chi connectivity index (χ0v) is 11.6. The van der Waals surface area contributed by atoms with Gasteiger partial charge in [-0.3, -0.25) is 19.5 Å². The van der Waals surface area contributed by atoms with Crippen molar-refractivity contribution in [3.63, 3.8) is 0 Å². The first-order chi connectivity index (χ1) is 9.47. The van der Waals surface area contributed by atoms with Crippen LogP contribution in [0.3, 0.4) is 0 Å². The van der Waals surface area contributed by atoms with Crippen LogP contribution in [0.1, 0.15) is 10.4 Å². The Morgan fingerprint density at radius 3 is 2.85 bits per heavy atom. The Morgan fingerprint density at radius 1 is 1.45 bits per heavy atom. The van der Waals surface area contributed by atoms with Gasteiger partial charge in [0, 0.05) is 10.0 Å². The number of rotatable bonds is 4. The molecule has 0 aliphatic rings. The zero-order valence-electron chi connectivity index (χ0n) is 10.0. The molecule has 0 spiro atoms. The highest BCUT2D eigenvalue weighted by Gasteiger charge is 2.13. The Morgan fingerprint density at radius 2 is 2.20 bits per heavy atom. The van der Waals surface area contributed by atoms with Crippen molar-refractivity contribution < 1.29 is 9.72 Å². The summed E-state index contributed by atoms with van der Waals surface area (Å²) in [6.45, 7) is -0.302. The summed E-state index contributed by atoms with van der Waals surface area (Å²) in [6, 6.07) is 6.66. The smallest absolute Gasteiger partial charge is 0.292 e. The molecule has 0 aliphatic heterocycles. The lowest BCUT2D eigenvalue weighted by molar-refractivity contribution is -0.385. The number of nitro groups is 1. The first-order valence-electron chi connectivity index (χ1n) is 5.47. The zero-order chi connectivity index (χ0) is 14.7. The van der Waals surface area contributed by atoms with Gasteiger partial charge in [-0.1, -0.05) is 28.1 Å². The number of aromatic nitrogens is 2. The Bertz CT molecular complexity index is 741. The molecule has 102 valence electrons. The number of hydrogen-bond acceptors (Lipinski definition) is 5. The molecule has 0 bridgehead atoms. The van der Waals surface area contributed by atoms with Crippen molar-refractivity contribution in [2.75, 3.05) is 0 Å². The van der Waals surface area contributed by atoms with Crippen LogP contribution in [0.4, 0.5) is 5.69 Å². The monoisotopic (exact) mass is 337 g/mol. The summed E-state index contributed by atoms with van der Waals surface area (Å²) >= 11 is 3.24. The maximum atomic E-state index is 12.0. The SMILES string of the molecule is O=C(Cn1cc([N+](=O)[O-])cnc1=O)c1cccc(Br)c1. The summed E-state index contributed by atoms with van der Waals surface area (Å²) in [7, 11) is 0. The second-order valence-electron chi connectivity index (χ2n) is 3.91. The lowest BCUT2D eigenvalue weighted by Gasteiger charge is -2.04. The predicted octanol–water partition coefficient (Wildman–Crippen LogP) is 1.80. The molecule has 0 atom stereocenters. The largest absolute Gasteiger partial charge is 0.348 e. The van der Waals surface area contributed by atoms with E-state index in [0.29, 0.717) is 5.56 Å². The van der Waals surface area contributed by atoms with Gasteiger partial charge in [0.2, 0.25) is 0 Å². The van der Waals surface area contributed by atoms with Crippen LogP contribution < -0.4 is 5.69 Å². The average Bonchev–Trinajstić information content (AvgIpc) is 2.41. The Hall–Kier alpha value is -2.35. The van der Waals surface area contributed by atoms with Crippen LogP contribution in [0.2, 0.25) is 0 Å². The molecule has 2 rings (SSSR count). The van der Waals surface area contributed by atoms with E-state index in [1.807, 2.05) is 0 Å². The number of benzene rings is 1. The van der Waals surface area contributed by atoms with Crippen LogP contribution in [0.5, 0.6) is 0 Å². The molecule has 0 aliphatic carbocycles. The fourth-order valence-electron chi connectivity index (χ4n) is 1.56. The van der Waals surface area contributed by atoms with Crippen LogP contribution in [-0.4, -0.2) is 20.3 Å². The first-order valence-corrected chi connectivity index (χ1v) is 6.26. The number of halogens is 1. The summed E-state index contributed by atoms with van der Waals surface area (Å²) in [5.41, 5.74) is -0.650. The lowest BCUT2D eigenvalue weighted by Crippen LogP contribution is -2.26. The molecular weight excluding hydrogens is 330 g/mol. The van der Waals surface area contributed by atoms with Crippen molar-refractivity contribution in [2.45, 2.75) is 6.54 Å². The second kappa shape index (κ2) is 5.74. The third-order valence-electron chi connectivity index (χ3n) is 2.51. The van der Waals surface area contributed by atoms with Crippen molar-refractivity contribution in [3.8, 4) is 0 Å². The van der Waals surface area contributed by atoms with Gasteiger partial charge in [0.25, 0.3) is 0 Å². The van der Waals surface area contributed by atoms with Crippen LogP contribution in [0.15, 0.2) is 45.9 Å². The van der Waals surface area contributed by atoms with Crippen LogP contribution in [-0.2, 0) is 6.54 Å². The van der Waals surface area contributed by atoms with E-state index in [0.717, 1.165) is 21.4 Å². The maximum absolute atomic E-state index is 12.0. The molecular formula is C12H8BrN3O4. The fraction of sp³-hybridized carbons (Fsp3) is 0.0833. The van der Waals surface area contributed by atoms with Crippen molar-refractivity contribution in [3.05, 3.63) is 67.3 Å². The minimum absolute atomic E-state index is 0.302. The molecule has 0 unspecified atom stereocenters. The number of carbonyl (C=O) groups excluding carboxylic acids is 1. The van der Waals surface area contributed by atoms with Gasteiger partial charge < -0.3 is 0 Å². The standard InChI is InChI=1S/C12H8BrN3O4/c13-9-3-1-2-8(4-9)11(17)7-15-6-10(16(19)20)5-14-12(15)18/h1-6H,7H2. The van der Waals surface area contributed by atoms with Crippen LogP contribution in [0.25, 0.3) is 0 Å². The van der Waals surface area contributed by atoms with Gasteiger partial charge in [-0.2, -0.15) is 4.98 Å². The summed E-state index contributed by atoms with van der Waals surface area (Å²) in [5.74, 6) is -0.337. The number of nitrogens with zero attached hydrogens (tertiary/aromatic N) is 3. The maximum Gasteiger partial charge on any atom is 0.348 e. The topological polar surface area (TPSA) is 95.1 Å². The minimum atomic E-state index is -0.709. The molecule has 0 radical (unpaired) electrons. The molecule has 0 saturated heterocycles. The van der Waals surface area contributed by atoms with E-state index in [1.165, 1.54) is 0 Å². The van der Waals surface area contributed by atoms with Crippen molar-refractivity contribution >= 4 is 27.4 Å². The van der Waals surface area contributed by atoms with E-state index in [9.17, 15) is 19.7 Å². The third-order valence-corrected chi connectivity index (χ3v) is 3.01. The number of ketones is 1. The Balaban J connectivity index is 2.30. The van der Waals surface area contributed by atoms with E-state index in [4.69, 9.17) is 0 Å². The predicted molar refractivity (Wildman–Crippen MR) is 73.6 cm³/mol. The summed E-state index contributed by atoms with van der Waals surface area (Å²) in [4.78, 5) is 36.8. The van der Waals surface area contributed by atoms with Crippen molar-refractivity contribution in [1.29, 1.82) is 0 Å². The highest BCUT2D eigenvalue weighted by molar-refractivity contribution is 9.10. The molecule has 7 nitrogen and oxygen atoms in total. The number of carbonyl (C=O) groups is 1. The molecule has 20 heavy (non-hydrogen) atoms. The van der Waals surface area contributed by atoms with E-state index >= 15 is 0 Å². The Kier molecular flexibility index (Phi) is 4.04. The molecule has 0 saturated carbocycles. The molecule has 1 aromatic carbocycles. The minimum Gasteiger partial charge on any atom is -0.292 e. The highest BCUT2D eigenvalue weighted by atomic mass is 79.9. The van der Waals surface area contributed by atoms with Gasteiger partial charge in [0.1, 0.15) is 6.20 Å². The third kappa shape index (κ3) is 3.15. The van der Waals surface area contributed by atoms with Gasteiger partial charge in [0.15, 0.2) is 5.78 Å². The summed E-state index contributed by atoms with van der Waals surface area (Å²) < 4.78 is 1.65. The Labute approximate surface area is 121 Å². The molecule has 2 aromatic rings. The normalized spacial score (nSPS) is 10.2. The number of hydrogen-bond donors (Lipinski definition) is 0. The molecule has 0 fully saturated rings. The van der Waals surface area contributed by atoms with Gasteiger partial charge in [-0.05, 0) is 12.1 Å². The molecule has 0 amide bonds. The first kappa shape index (κ1) is 14.1. The summed E-state index contributed by atoms with van der Waals surface area (Å²) in [6.07, 6.45) is 1.87. The van der Waals surface area contributed by atoms with Gasteiger partial charge >= 0.3 is 11.4 Å². The molecule has 0 N–H and O–H groups in total. The van der Waals surface area contributed by atoms with Crippen molar-refractivity contribution in [2.24, 2.45) is 0 Å².